The van der Waals surface area contributed by atoms with E-state index in [4.69, 9.17) is 14.2 Å². The highest BCUT2D eigenvalue weighted by atomic mass is 19.1. The van der Waals surface area contributed by atoms with Gasteiger partial charge in [0.15, 0.2) is 11.6 Å². The molecular formula is C38H41F2N3O6. The van der Waals surface area contributed by atoms with E-state index >= 15 is 8.78 Å². The van der Waals surface area contributed by atoms with Crippen molar-refractivity contribution in [2.45, 2.75) is 65.0 Å². The van der Waals surface area contributed by atoms with Crippen LogP contribution in [-0.4, -0.2) is 56.1 Å². The molecule has 4 aromatic rings. The smallest absolute Gasteiger partial charge is 0.346 e. The summed E-state index contributed by atoms with van der Waals surface area (Å²) < 4.78 is 49.8. The van der Waals surface area contributed by atoms with Crippen LogP contribution in [-0.2, 0) is 19.7 Å². The predicted molar refractivity (Wildman–Crippen MR) is 183 cm³/mol. The number of esters is 2. The van der Waals surface area contributed by atoms with E-state index in [0.29, 0.717) is 53.2 Å². The van der Waals surface area contributed by atoms with E-state index in [0.717, 1.165) is 12.8 Å². The number of aryl methyl sites for hydroxylation is 1. The van der Waals surface area contributed by atoms with Gasteiger partial charge in [-0.3, -0.25) is 9.59 Å². The summed E-state index contributed by atoms with van der Waals surface area (Å²) in [6.45, 7) is 9.38. The number of hydrogen-bond acceptors (Lipinski definition) is 8. The van der Waals surface area contributed by atoms with Gasteiger partial charge >= 0.3 is 11.9 Å². The van der Waals surface area contributed by atoms with Gasteiger partial charge in [0.05, 0.1) is 23.4 Å². The highest BCUT2D eigenvalue weighted by Gasteiger charge is 2.37. The standard InChI is InChI=1S/C38H41F2N3O6/c1-21-19-42(17-16-41-21)33-31(40)22(2)29-32(35(33)47-6)43(26-13-14-26)23(3)30(34(29)44)36(45)48-20-49-37(46)38(4,5)25-12-15-27(28(39)18-25)24-10-8-7-9-11-24/h7-12,15,18,21,26,41H,13-14,16-17,19-20H2,1-6H3. The molecule has 1 unspecified atom stereocenters. The van der Waals surface area contributed by atoms with Crippen molar-refractivity contribution in [3.8, 4) is 16.9 Å². The van der Waals surface area contributed by atoms with Gasteiger partial charge in [-0.05, 0) is 64.7 Å². The Labute approximate surface area is 283 Å². The van der Waals surface area contributed by atoms with Crippen molar-refractivity contribution in [2.24, 2.45) is 0 Å². The maximum Gasteiger partial charge on any atom is 0.346 e. The van der Waals surface area contributed by atoms with Crippen molar-refractivity contribution in [2.75, 3.05) is 38.4 Å². The number of hydrogen-bond donors (Lipinski definition) is 1. The molecule has 1 atom stereocenters. The van der Waals surface area contributed by atoms with Crippen molar-refractivity contribution in [3.05, 3.63) is 92.8 Å². The molecule has 0 radical (unpaired) electrons. The number of nitrogens with one attached hydrogen (secondary N) is 1. The number of ether oxygens (including phenoxy) is 3. The summed E-state index contributed by atoms with van der Waals surface area (Å²) in [4.78, 5) is 42.7. The minimum Gasteiger partial charge on any atom is -0.492 e. The van der Waals surface area contributed by atoms with Crippen LogP contribution in [0.25, 0.3) is 22.0 Å². The van der Waals surface area contributed by atoms with Crippen LogP contribution in [0, 0.1) is 25.5 Å². The summed E-state index contributed by atoms with van der Waals surface area (Å²) >= 11 is 0. The monoisotopic (exact) mass is 673 g/mol. The van der Waals surface area contributed by atoms with Gasteiger partial charge in [-0.1, -0.05) is 42.5 Å². The SMILES string of the molecule is COc1c(N2CCNC(C)C2)c(F)c(C)c2c(=O)c(C(=O)OCOC(=O)C(C)(C)c3ccc(-c4ccccc4)c(F)c3)c(C)n(C3CC3)c12. The number of anilines is 1. The summed E-state index contributed by atoms with van der Waals surface area (Å²) in [5, 5.41) is 3.41. The quantitative estimate of drug-likeness (QED) is 0.162. The highest BCUT2D eigenvalue weighted by molar-refractivity contribution is 6.00. The number of aromatic nitrogens is 1. The number of benzene rings is 3. The Morgan fingerprint density at radius 2 is 1.76 bits per heavy atom. The number of pyridine rings is 1. The van der Waals surface area contributed by atoms with Crippen LogP contribution in [0.2, 0.25) is 0 Å². The van der Waals surface area contributed by atoms with Gasteiger partial charge in [-0.2, -0.15) is 0 Å². The fourth-order valence-electron chi connectivity index (χ4n) is 6.78. The maximum atomic E-state index is 16.2. The minimum atomic E-state index is -1.29. The summed E-state index contributed by atoms with van der Waals surface area (Å²) in [6.07, 6.45) is 1.62. The summed E-state index contributed by atoms with van der Waals surface area (Å²) in [7, 11) is 1.46. The first-order valence-corrected chi connectivity index (χ1v) is 16.5. The number of piperazine rings is 1. The third-order valence-electron chi connectivity index (χ3n) is 9.67. The number of rotatable bonds is 9. The Kier molecular flexibility index (Phi) is 9.23. The zero-order valence-electron chi connectivity index (χ0n) is 28.6. The highest BCUT2D eigenvalue weighted by Crippen LogP contribution is 2.46. The molecule has 1 aliphatic carbocycles. The van der Waals surface area contributed by atoms with Gasteiger partial charge in [-0.15, -0.1) is 0 Å². The average Bonchev–Trinajstić information content (AvgIpc) is 3.91. The van der Waals surface area contributed by atoms with Crippen molar-refractivity contribution >= 4 is 28.5 Å². The van der Waals surface area contributed by atoms with Crippen LogP contribution in [0.3, 0.4) is 0 Å². The zero-order valence-corrected chi connectivity index (χ0v) is 28.6. The van der Waals surface area contributed by atoms with Gasteiger partial charge in [0.25, 0.3) is 0 Å². The minimum absolute atomic E-state index is 0.0180. The lowest BCUT2D eigenvalue weighted by molar-refractivity contribution is -0.158. The topological polar surface area (TPSA) is 99.1 Å². The van der Waals surface area contributed by atoms with E-state index < -0.39 is 41.2 Å². The number of fused-ring (bicyclic) bond motifs is 1. The number of carbonyl (C=O) groups excluding carboxylic acids is 2. The molecule has 0 bridgehead atoms. The molecule has 3 aromatic carbocycles. The number of methoxy groups -OCH3 is 1. The Morgan fingerprint density at radius 3 is 2.39 bits per heavy atom. The van der Waals surface area contributed by atoms with Gasteiger partial charge < -0.3 is 29.0 Å². The van der Waals surface area contributed by atoms with Crippen molar-refractivity contribution in [1.82, 2.24) is 9.88 Å². The molecule has 6 rings (SSSR count). The normalized spacial score (nSPS) is 16.5. The maximum absolute atomic E-state index is 16.2. The molecule has 2 aliphatic rings. The molecule has 11 heteroatoms. The molecule has 0 spiro atoms. The number of halogens is 2. The first-order chi connectivity index (χ1) is 23.4. The first kappa shape index (κ1) is 34.1. The Morgan fingerprint density at radius 1 is 1.04 bits per heavy atom. The summed E-state index contributed by atoms with van der Waals surface area (Å²) in [6, 6.07) is 13.7. The van der Waals surface area contributed by atoms with Gasteiger partial charge in [0.2, 0.25) is 12.2 Å². The molecule has 1 saturated heterocycles. The molecule has 258 valence electrons. The molecule has 49 heavy (non-hydrogen) atoms. The van der Waals surface area contributed by atoms with Crippen LogP contribution in [0.1, 0.15) is 66.8 Å². The lowest BCUT2D eigenvalue weighted by atomic mass is 9.84. The number of carbonyl (C=O) groups is 2. The van der Waals surface area contributed by atoms with E-state index in [2.05, 4.69) is 5.32 Å². The Hall–Kier alpha value is -4.77. The molecule has 2 fully saturated rings. The summed E-state index contributed by atoms with van der Waals surface area (Å²) in [5.74, 6) is -2.57. The zero-order chi connectivity index (χ0) is 35.2. The third-order valence-corrected chi connectivity index (χ3v) is 9.67. The van der Waals surface area contributed by atoms with Crippen LogP contribution in [0.15, 0.2) is 53.3 Å². The number of nitrogens with zero attached hydrogens (tertiary/aromatic N) is 2. The summed E-state index contributed by atoms with van der Waals surface area (Å²) in [5.41, 5.74) is 0.452. The second-order valence-corrected chi connectivity index (χ2v) is 13.4. The fourth-order valence-corrected chi connectivity index (χ4v) is 6.78. The van der Waals surface area contributed by atoms with E-state index in [-0.39, 0.29) is 34.3 Å². The fraction of sp³-hybridized carbons (Fsp3) is 0.395. The van der Waals surface area contributed by atoms with Crippen LogP contribution in [0.5, 0.6) is 5.75 Å². The van der Waals surface area contributed by atoms with Gasteiger partial charge in [0, 0.05) is 48.5 Å². The van der Waals surface area contributed by atoms with Crippen molar-refractivity contribution < 1.29 is 32.6 Å². The van der Waals surface area contributed by atoms with Crippen LogP contribution in [0.4, 0.5) is 14.5 Å². The molecule has 1 saturated carbocycles. The Bertz CT molecular complexity index is 2010. The van der Waals surface area contributed by atoms with Crippen molar-refractivity contribution in [1.29, 1.82) is 0 Å². The molecule has 0 amide bonds. The van der Waals surface area contributed by atoms with Gasteiger partial charge in [-0.25, -0.2) is 13.6 Å². The van der Waals surface area contributed by atoms with E-state index in [9.17, 15) is 14.4 Å². The molecule has 9 nitrogen and oxygen atoms in total. The second-order valence-electron chi connectivity index (χ2n) is 13.4. The third kappa shape index (κ3) is 6.16. The van der Waals surface area contributed by atoms with E-state index in [1.54, 1.807) is 45.0 Å². The van der Waals surface area contributed by atoms with Crippen LogP contribution < -0.4 is 20.4 Å². The largest absolute Gasteiger partial charge is 0.492 e. The van der Waals surface area contributed by atoms with Crippen molar-refractivity contribution in [3.63, 3.8) is 0 Å². The molecule has 1 aliphatic heterocycles. The molecule has 1 aromatic heterocycles. The molecular weight excluding hydrogens is 632 g/mol. The average molecular weight is 674 g/mol. The first-order valence-electron chi connectivity index (χ1n) is 16.5. The Balaban J connectivity index is 1.28. The van der Waals surface area contributed by atoms with Crippen LogP contribution >= 0.6 is 0 Å². The van der Waals surface area contributed by atoms with E-state index in [1.165, 1.54) is 20.1 Å². The second kappa shape index (κ2) is 13.3. The van der Waals surface area contributed by atoms with E-state index in [1.807, 2.05) is 34.6 Å². The lowest BCUT2D eigenvalue weighted by Gasteiger charge is -2.35. The molecule has 2 heterocycles. The predicted octanol–water partition coefficient (Wildman–Crippen LogP) is 6.34. The lowest BCUT2D eigenvalue weighted by Crippen LogP contribution is -2.49. The van der Waals surface area contributed by atoms with Gasteiger partial charge in [0.1, 0.15) is 17.1 Å². The molecule has 1 N–H and O–H groups in total.